The third-order valence-corrected chi connectivity index (χ3v) is 5.37. The Balaban J connectivity index is 1.48. The molecule has 0 aromatic carbocycles. The third-order valence-electron chi connectivity index (χ3n) is 5.37. The fraction of sp³-hybridized carbons (Fsp3) is 0.429. The van der Waals surface area contributed by atoms with Gasteiger partial charge >= 0.3 is 0 Å². The van der Waals surface area contributed by atoms with Gasteiger partial charge in [-0.05, 0) is 55.4 Å². The van der Waals surface area contributed by atoms with Crippen LogP contribution in [0.1, 0.15) is 66.8 Å². The second kappa shape index (κ2) is 7.86. The maximum atomic E-state index is 12.8. The minimum Gasteiger partial charge on any atom is -0.320 e. The zero-order valence-corrected chi connectivity index (χ0v) is 15.3. The van der Waals surface area contributed by atoms with E-state index in [0.29, 0.717) is 17.3 Å². The molecule has 2 aliphatic carbocycles. The zero-order valence-electron chi connectivity index (χ0n) is 15.3. The number of aromatic nitrogens is 2. The van der Waals surface area contributed by atoms with Crippen molar-refractivity contribution in [2.45, 2.75) is 50.9 Å². The molecule has 0 aliphatic heterocycles. The predicted octanol–water partition coefficient (Wildman–Crippen LogP) is 4.13. The van der Waals surface area contributed by atoms with Crippen LogP contribution in [0.3, 0.4) is 0 Å². The minimum absolute atomic E-state index is 0.0214. The van der Waals surface area contributed by atoms with Crippen molar-refractivity contribution in [2.75, 3.05) is 10.6 Å². The van der Waals surface area contributed by atoms with Gasteiger partial charge in [0.15, 0.2) is 0 Å². The van der Waals surface area contributed by atoms with Crippen molar-refractivity contribution in [3.63, 3.8) is 0 Å². The summed E-state index contributed by atoms with van der Waals surface area (Å²) in [5.41, 5.74) is 2.40. The van der Waals surface area contributed by atoms with Gasteiger partial charge in [0.05, 0.1) is 11.9 Å². The van der Waals surface area contributed by atoms with Crippen LogP contribution in [0.25, 0.3) is 0 Å². The Kier molecular flexibility index (Phi) is 5.14. The highest BCUT2D eigenvalue weighted by molar-refractivity contribution is 6.05. The monoisotopic (exact) mass is 364 g/mol. The number of anilines is 2. The van der Waals surface area contributed by atoms with Gasteiger partial charge in [0.2, 0.25) is 5.91 Å². The second-order valence-electron chi connectivity index (χ2n) is 7.45. The molecule has 2 aromatic heterocycles. The van der Waals surface area contributed by atoms with Gasteiger partial charge in [-0.3, -0.25) is 14.6 Å². The molecule has 0 bridgehead atoms. The van der Waals surface area contributed by atoms with Gasteiger partial charge in [-0.15, -0.1) is 0 Å². The minimum atomic E-state index is -0.218. The van der Waals surface area contributed by atoms with E-state index in [2.05, 4.69) is 20.6 Å². The van der Waals surface area contributed by atoms with Gasteiger partial charge in [0, 0.05) is 23.9 Å². The van der Waals surface area contributed by atoms with Gasteiger partial charge in [-0.25, -0.2) is 4.98 Å². The lowest BCUT2D eigenvalue weighted by Gasteiger charge is -2.24. The molecule has 0 saturated heterocycles. The lowest BCUT2D eigenvalue weighted by Crippen LogP contribution is -2.17. The predicted molar refractivity (Wildman–Crippen MR) is 104 cm³/mol. The van der Waals surface area contributed by atoms with Gasteiger partial charge in [0.1, 0.15) is 5.82 Å². The van der Waals surface area contributed by atoms with Gasteiger partial charge in [-0.2, -0.15) is 0 Å². The average Bonchev–Trinajstić information content (AvgIpc) is 3.55. The summed E-state index contributed by atoms with van der Waals surface area (Å²) in [5, 5.41) is 5.78. The van der Waals surface area contributed by atoms with Crippen LogP contribution in [-0.2, 0) is 4.79 Å². The van der Waals surface area contributed by atoms with Gasteiger partial charge < -0.3 is 10.6 Å². The molecule has 0 spiro atoms. The van der Waals surface area contributed by atoms with Crippen LogP contribution < -0.4 is 10.6 Å². The van der Waals surface area contributed by atoms with Crippen molar-refractivity contribution in [3.05, 3.63) is 47.9 Å². The molecule has 0 atom stereocenters. The summed E-state index contributed by atoms with van der Waals surface area (Å²) in [4.78, 5) is 33.0. The fourth-order valence-electron chi connectivity index (χ4n) is 3.69. The molecule has 2 aromatic rings. The van der Waals surface area contributed by atoms with Crippen molar-refractivity contribution in [1.82, 2.24) is 9.97 Å². The van der Waals surface area contributed by atoms with Crippen LogP contribution in [0.5, 0.6) is 0 Å². The molecule has 2 heterocycles. The Morgan fingerprint density at radius 3 is 2.56 bits per heavy atom. The molecule has 6 nitrogen and oxygen atoms in total. The molecule has 2 fully saturated rings. The summed E-state index contributed by atoms with van der Waals surface area (Å²) >= 11 is 0. The Morgan fingerprint density at radius 1 is 0.963 bits per heavy atom. The molecule has 6 heteroatoms. The molecule has 0 radical (unpaired) electrons. The summed E-state index contributed by atoms with van der Waals surface area (Å²) in [6.07, 6.45) is 13.0. The number of pyridine rings is 2. The smallest absolute Gasteiger partial charge is 0.255 e. The number of carbonyl (C=O) groups excluding carboxylic acids is 2. The number of amides is 2. The molecule has 27 heavy (non-hydrogen) atoms. The highest BCUT2D eigenvalue weighted by Crippen LogP contribution is 2.36. The first-order chi connectivity index (χ1) is 13.2. The summed E-state index contributed by atoms with van der Waals surface area (Å²) < 4.78 is 0. The second-order valence-corrected chi connectivity index (χ2v) is 7.45. The van der Waals surface area contributed by atoms with Crippen LogP contribution in [0.15, 0.2) is 36.8 Å². The molecule has 140 valence electrons. The number of hydrogen-bond acceptors (Lipinski definition) is 4. The highest BCUT2D eigenvalue weighted by Gasteiger charge is 2.29. The molecule has 2 amide bonds. The first kappa shape index (κ1) is 17.6. The number of nitrogens with zero attached hydrogens (tertiary/aromatic N) is 2. The van der Waals surface area contributed by atoms with Crippen molar-refractivity contribution in [3.8, 4) is 0 Å². The number of rotatable bonds is 5. The highest BCUT2D eigenvalue weighted by atomic mass is 16.2. The van der Waals surface area contributed by atoms with Gasteiger partial charge in [-0.1, -0.05) is 19.3 Å². The van der Waals surface area contributed by atoms with Crippen molar-refractivity contribution in [2.24, 2.45) is 5.92 Å². The summed E-state index contributed by atoms with van der Waals surface area (Å²) in [6, 6.07) is 5.28. The van der Waals surface area contributed by atoms with E-state index in [0.717, 1.165) is 36.9 Å². The zero-order chi connectivity index (χ0) is 18.6. The molecule has 2 N–H and O–H groups in total. The topological polar surface area (TPSA) is 84.0 Å². The van der Waals surface area contributed by atoms with E-state index in [1.807, 2.05) is 6.07 Å². The molecule has 4 rings (SSSR count). The normalized spacial score (nSPS) is 17.3. The summed E-state index contributed by atoms with van der Waals surface area (Å²) in [6.45, 7) is 0. The molecule has 2 saturated carbocycles. The Morgan fingerprint density at radius 2 is 1.78 bits per heavy atom. The fourth-order valence-corrected chi connectivity index (χ4v) is 3.69. The van der Waals surface area contributed by atoms with Crippen molar-refractivity contribution < 1.29 is 9.59 Å². The first-order valence-corrected chi connectivity index (χ1v) is 9.73. The third kappa shape index (κ3) is 4.32. The number of hydrogen-bond donors (Lipinski definition) is 2. The van der Waals surface area contributed by atoms with E-state index in [1.54, 1.807) is 30.7 Å². The Labute approximate surface area is 158 Å². The van der Waals surface area contributed by atoms with Crippen LogP contribution in [0.4, 0.5) is 11.5 Å². The van der Waals surface area contributed by atoms with E-state index >= 15 is 0 Å². The SMILES string of the molecule is O=C(Nc1cnccc1C1CCCCC1)c1ccnc(NC(=O)C2CC2)c1. The quantitative estimate of drug-likeness (QED) is 0.836. The van der Waals surface area contributed by atoms with E-state index < -0.39 is 0 Å². The van der Waals surface area contributed by atoms with E-state index in [4.69, 9.17) is 0 Å². The molecular formula is C21H24N4O2. The first-order valence-electron chi connectivity index (χ1n) is 9.73. The summed E-state index contributed by atoms with van der Waals surface area (Å²) in [7, 11) is 0. The van der Waals surface area contributed by atoms with E-state index in [9.17, 15) is 9.59 Å². The lowest BCUT2D eigenvalue weighted by atomic mass is 9.84. The van der Waals surface area contributed by atoms with Crippen LogP contribution in [0.2, 0.25) is 0 Å². The molecule has 2 aliphatic rings. The summed E-state index contributed by atoms with van der Waals surface area (Å²) in [5.74, 6) is 0.745. The maximum absolute atomic E-state index is 12.8. The number of nitrogens with one attached hydrogen (secondary N) is 2. The average molecular weight is 364 g/mol. The standard InChI is InChI=1S/C21H24N4O2/c26-20(15-6-7-15)25-19-12-16(8-11-23-19)21(27)24-18-13-22-10-9-17(18)14-4-2-1-3-5-14/h8-15H,1-7H2,(H,24,27)(H,23,25,26). The Hall–Kier alpha value is -2.76. The van der Waals surface area contributed by atoms with Crippen molar-refractivity contribution in [1.29, 1.82) is 0 Å². The largest absolute Gasteiger partial charge is 0.320 e. The molecule has 0 unspecified atom stereocenters. The van der Waals surface area contributed by atoms with Gasteiger partial charge in [0.25, 0.3) is 5.91 Å². The van der Waals surface area contributed by atoms with Crippen LogP contribution in [0, 0.1) is 5.92 Å². The number of carbonyl (C=O) groups is 2. The van der Waals surface area contributed by atoms with E-state index in [-0.39, 0.29) is 17.7 Å². The maximum Gasteiger partial charge on any atom is 0.255 e. The van der Waals surface area contributed by atoms with Crippen LogP contribution in [-0.4, -0.2) is 21.8 Å². The van der Waals surface area contributed by atoms with Crippen LogP contribution >= 0.6 is 0 Å². The van der Waals surface area contributed by atoms with E-state index in [1.165, 1.54) is 19.3 Å². The molecular weight excluding hydrogens is 340 g/mol. The lowest BCUT2D eigenvalue weighted by molar-refractivity contribution is -0.117. The Bertz CT molecular complexity index is 842. The van der Waals surface area contributed by atoms with Crippen molar-refractivity contribution >= 4 is 23.3 Å².